The van der Waals surface area contributed by atoms with Crippen LogP contribution < -0.4 is 5.32 Å². The van der Waals surface area contributed by atoms with Gasteiger partial charge in [-0.2, -0.15) is 0 Å². The number of amides is 1. The van der Waals surface area contributed by atoms with Crippen molar-refractivity contribution in [2.45, 2.75) is 31.9 Å². The van der Waals surface area contributed by atoms with Crippen molar-refractivity contribution in [3.63, 3.8) is 0 Å². The number of carbonyl (C=O) groups is 2. The van der Waals surface area contributed by atoms with Gasteiger partial charge in [-0.3, -0.25) is 4.79 Å². The van der Waals surface area contributed by atoms with E-state index in [0.717, 1.165) is 0 Å². The fourth-order valence-corrected chi connectivity index (χ4v) is 1.24. The van der Waals surface area contributed by atoms with Gasteiger partial charge in [-0.1, -0.05) is 0 Å². The van der Waals surface area contributed by atoms with Crippen LogP contribution in [0.4, 0.5) is 0 Å². The Morgan fingerprint density at radius 3 is 2.86 bits per heavy atom. The number of carbonyl (C=O) groups excluding carboxylic acids is 2. The molecule has 14 heavy (non-hydrogen) atoms. The minimum absolute atomic E-state index is 0.156. The highest BCUT2D eigenvalue weighted by molar-refractivity contribution is 5.78. The van der Waals surface area contributed by atoms with Crippen molar-refractivity contribution >= 4 is 12.4 Å². The third kappa shape index (κ3) is 3.33. The van der Waals surface area contributed by atoms with E-state index in [2.05, 4.69) is 5.32 Å². The Morgan fingerprint density at radius 2 is 2.14 bits per heavy atom. The van der Waals surface area contributed by atoms with Gasteiger partial charge in [0.1, 0.15) is 12.1 Å². The Bertz CT molecular complexity index is 207. The molecule has 0 spiro atoms. The van der Waals surface area contributed by atoms with Gasteiger partial charge in [0.15, 0.2) is 0 Å². The van der Waals surface area contributed by atoms with Gasteiger partial charge in [0.2, 0.25) is 6.41 Å². The summed E-state index contributed by atoms with van der Waals surface area (Å²) in [6.07, 6.45) is 1.51. The molecule has 1 aliphatic heterocycles. The molecule has 1 unspecified atom stereocenters. The van der Waals surface area contributed by atoms with Crippen LogP contribution in [-0.2, 0) is 19.1 Å². The molecule has 0 bridgehead atoms. The number of ether oxygens (including phenoxy) is 2. The van der Waals surface area contributed by atoms with Gasteiger partial charge in [0.05, 0.1) is 6.61 Å². The normalized spacial score (nSPS) is 29.4. The molecular formula is C9H15NO4. The van der Waals surface area contributed by atoms with Gasteiger partial charge in [-0.05, 0) is 6.92 Å². The highest BCUT2D eigenvalue weighted by atomic mass is 16.5. The standard InChI is InChI=1S/C9H15NO4/c1-7-2-4-13-5-3-8(10-6-11)9(12)14-7/h6-8H,2-5H2,1H3,(H,10,11)/t7?,8-/m0/s1. The van der Waals surface area contributed by atoms with E-state index in [1.165, 1.54) is 0 Å². The van der Waals surface area contributed by atoms with Crippen LogP contribution >= 0.6 is 0 Å². The van der Waals surface area contributed by atoms with E-state index in [-0.39, 0.29) is 12.1 Å². The fraction of sp³-hybridized carbons (Fsp3) is 0.778. The van der Waals surface area contributed by atoms with E-state index >= 15 is 0 Å². The molecule has 0 saturated carbocycles. The highest BCUT2D eigenvalue weighted by Gasteiger charge is 2.22. The van der Waals surface area contributed by atoms with Crippen LogP contribution in [0, 0.1) is 0 Å². The van der Waals surface area contributed by atoms with Gasteiger partial charge in [0.25, 0.3) is 0 Å². The van der Waals surface area contributed by atoms with E-state index in [1.54, 1.807) is 0 Å². The number of hydrogen-bond donors (Lipinski definition) is 1. The lowest BCUT2D eigenvalue weighted by Gasteiger charge is -2.15. The van der Waals surface area contributed by atoms with Crippen LogP contribution in [0.2, 0.25) is 0 Å². The predicted molar refractivity (Wildman–Crippen MR) is 48.6 cm³/mol. The van der Waals surface area contributed by atoms with E-state index in [0.29, 0.717) is 32.5 Å². The zero-order valence-corrected chi connectivity index (χ0v) is 8.19. The Morgan fingerprint density at radius 1 is 1.43 bits per heavy atom. The van der Waals surface area contributed by atoms with Crippen LogP contribution in [0.25, 0.3) is 0 Å². The molecule has 80 valence electrons. The average Bonchev–Trinajstić information content (AvgIpc) is 2.20. The molecule has 1 saturated heterocycles. The molecule has 1 rings (SSSR count). The van der Waals surface area contributed by atoms with Crippen LogP contribution in [0.1, 0.15) is 19.8 Å². The first kappa shape index (κ1) is 11.0. The number of nitrogens with one attached hydrogen (secondary N) is 1. The molecule has 0 radical (unpaired) electrons. The zero-order chi connectivity index (χ0) is 10.4. The molecule has 5 heteroatoms. The van der Waals surface area contributed by atoms with Crippen molar-refractivity contribution < 1.29 is 19.1 Å². The summed E-state index contributed by atoms with van der Waals surface area (Å²) in [5.74, 6) is -0.380. The maximum absolute atomic E-state index is 11.4. The van der Waals surface area contributed by atoms with E-state index in [1.807, 2.05) is 6.92 Å². The molecule has 1 heterocycles. The zero-order valence-electron chi connectivity index (χ0n) is 8.19. The minimum Gasteiger partial charge on any atom is -0.461 e. The van der Waals surface area contributed by atoms with Crippen LogP contribution in [-0.4, -0.2) is 37.7 Å². The minimum atomic E-state index is -0.576. The van der Waals surface area contributed by atoms with Crippen molar-refractivity contribution in [1.29, 1.82) is 0 Å². The van der Waals surface area contributed by atoms with E-state index in [9.17, 15) is 9.59 Å². The molecule has 0 aromatic carbocycles. The van der Waals surface area contributed by atoms with E-state index in [4.69, 9.17) is 9.47 Å². The van der Waals surface area contributed by atoms with Crippen LogP contribution in [0.15, 0.2) is 0 Å². The van der Waals surface area contributed by atoms with Crippen molar-refractivity contribution in [2.75, 3.05) is 13.2 Å². The summed E-state index contributed by atoms with van der Waals surface area (Å²) >= 11 is 0. The molecular weight excluding hydrogens is 186 g/mol. The average molecular weight is 201 g/mol. The SMILES string of the molecule is CC1CCOCC[C@H](NC=O)C(=O)O1. The largest absolute Gasteiger partial charge is 0.461 e. The van der Waals surface area contributed by atoms with Crippen molar-refractivity contribution in [2.24, 2.45) is 0 Å². The second-order valence-electron chi connectivity index (χ2n) is 3.27. The topological polar surface area (TPSA) is 64.6 Å². The van der Waals surface area contributed by atoms with Gasteiger partial charge in [0, 0.05) is 19.4 Å². The summed E-state index contributed by atoms with van der Waals surface area (Å²) in [6, 6.07) is -0.576. The summed E-state index contributed by atoms with van der Waals surface area (Å²) in [5, 5.41) is 2.42. The Hall–Kier alpha value is -1.10. The molecule has 1 aliphatic rings. The molecule has 0 aliphatic carbocycles. The maximum atomic E-state index is 11.4. The second-order valence-corrected chi connectivity index (χ2v) is 3.27. The molecule has 1 amide bonds. The first-order chi connectivity index (χ1) is 6.74. The number of hydrogen-bond acceptors (Lipinski definition) is 4. The summed E-state index contributed by atoms with van der Waals surface area (Å²) in [5.41, 5.74) is 0. The molecule has 2 atom stereocenters. The lowest BCUT2D eigenvalue weighted by molar-refractivity contribution is -0.151. The number of rotatable bonds is 2. The third-order valence-electron chi connectivity index (χ3n) is 2.09. The third-order valence-corrected chi connectivity index (χ3v) is 2.09. The molecule has 1 N–H and O–H groups in total. The van der Waals surface area contributed by atoms with E-state index < -0.39 is 6.04 Å². The van der Waals surface area contributed by atoms with Gasteiger partial charge >= 0.3 is 5.97 Å². The molecule has 0 aromatic heterocycles. The van der Waals surface area contributed by atoms with Gasteiger partial charge in [-0.15, -0.1) is 0 Å². The summed E-state index contributed by atoms with van der Waals surface area (Å²) < 4.78 is 10.4. The maximum Gasteiger partial charge on any atom is 0.328 e. The fourth-order valence-electron chi connectivity index (χ4n) is 1.24. The Balaban J connectivity index is 2.54. The number of cyclic esters (lactones) is 1. The summed E-state index contributed by atoms with van der Waals surface area (Å²) in [7, 11) is 0. The van der Waals surface area contributed by atoms with Gasteiger partial charge in [-0.25, -0.2) is 4.79 Å². The Labute approximate surface area is 82.8 Å². The van der Waals surface area contributed by atoms with Crippen LogP contribution in [0.5, 0.6) is 0 Å². The predicted octanol–water partition coefficient (Wildman–Crippen LogP) is -0.157. The highest BCUT2D eigenvalue weighted by Crippen LogP contribution is 2.06. The first-order valence-electron chi connectivity index (χ1n) is 4.72. The Kier molecular flexibility index (Phi) is 4.39. The first-order valence-corrected chi connectivity index (χ1v) is 4.72. The van der Waals surface area contributed by atoms with Crippen molar-refractivity contribution in [3.05, 3.63) is 0 Å². The summed E-state index contributed by atoms with van der Waals surface area (Å²) in [6.45, 7) is 2.86. The second kappa shape index (κ2) is 5.59. The van der Waals surface area contributed by atoms with Gasteiger partial charge < -0.3 is 14.8 Å². The smallest absolute Gasteiger partial charge is 0.328 e. The lowest BCUT2D eigenvalue weighted by atomic mass is 10.2. The lowest BCUT2D eigenvalue weighted by Crippen LogP contribution is -2.38. The number of esters is 1. The van der Waals surface area contributed by atoms with Crippen LogP contribution in [0.3, 0.4) is 0 Å². The molecule has 1 fully saturated rings. The monoisotopic (exact) mass is 201 g/mol. The molecule has 0 aromatic rings. The quantitative estimate of drug-likeness (QED) is 0.498. The molecule has 5 nitrogen and oxygen atoms in total. The summed E-state index contributed by atoms with van der Waals surface area (Å²) in [4.78, 5) is 21.6. The van der Waals surface area contributed by atoms with Crippen molar-refractivity contribution in [3.8, 4) is 0 Å². The van der Waals surface area contributed by atoms with Crippen molar-refractivity contribution in [1.82, 2.24) is 5.32 Å².